The molecule has 0 aromatic carbocycles. The van der Waals surface area contributed by atoms with Gasteiger partial charge in [0.1, 0.15) is 11.6 Å². The lowest BCUT2D eigenvalue weighted by Gasteiger charge is -2.34. The lowest BCUT2D eigenvalue weighted by Crippen LogP contribution is -2.49. The molecule has 2 aromatic heterocycles. The van der Waals surface area contributed by atoms with Crippen molar-refractivity contribution in [2.75, 3.05) is 43.0 Å². The van der Waals surface area contributed by atoms with E-state index in [0.29, 0.717) is 45.3 Å². The summed E-state index contributed by atoms with van der Waals surface area (Å²) in [5, 5.41) is 3.14. The highest BCUT2D eigenvalue weighted by atomic mass is 16.6. The summed E-state index contributed by atoms with van der Waals surface area (Å²) in [5.74, 6) is 2.22. The Bertz CT molecular complexity index is 653. The van der Waals surface area contributed by atoms with E-state index in [1.807, 2.05) is 25.1 Å². The predicted molar refractivity (Wildman–Crippen MR) is 88.9 cm³/mol. The molecule has 0 aliphatic carbocycles. The predicted octanol–water partition coefficient (Wildman–Crippen LogP) is 1.96. The Balaban J connectivity index is 1.55. The molecule has 0 spiro atoms. The number of hydrogen-bond donors (Lipinski definition) is 1. The molecule has 24 heavy (non-hydrogen) atoms. The summed E-state index contributed by atoms with van der Waals surface area (Å²) in [5.41, 5.74) is 0. The number of aromatic nitrogens is 2. The van der Waals surface area contributed by atoms with Gasteiger partial charge < -0.3 is 24.3 Å². The van der Waals surface area contributed by atoms with E-state index in [0.717, 1.165) is 11.6 Å². The van der Waals surface area contributed by atoms with Crippen LogP contribution in [0, 0.1) is 0 Å². The summed E-state index contributed by atoms with van der Waals surface area (Å²) in [6.07, 6.45) is 3.11. The minimum Gasteiger partial charge on any atom is -0.467 e. The van der Waals surface area contributed by atoms with Crippen LogP contribution < -0.4 is 10.2 Å². The molecule has 2 aromatic rings. The average molecular weight is 331 g/mol. The maximum atomic E-state index is 11.7. The number of furan rings is 1. The first-order valence-electron chi connectivity index (χ1n) is 8.02. The largest absolute Gasteiger partial charge is 0.467 e. The van der Waals surface area contributed by atoms with Gasteiger partial charge in [-0.2, -0.15) is 4.98 Å². The van der Waals surface area contributed by atoms with Crippen molar-refractivity contribution < 1.29 is 13.9 Å². The normalized spacial score (nSPS) is 14.5. The zero-order chi connectivity index (χ0) is 16.8. The highest BCUT2D eigenvalue weighted by Crippen LogP contribution is 2.15. The summed E-state index contributed by atoms with van der Waals surface area (Å²) < 4.78 is 10.3. The molecule has 0 radical (unpaired) electrons. The quantitative estimate of drug-likeness (QED) is 0.896. The number of carbonyl (C=O) groups is 1. The third kappa shape index (κ3) is 3.95. The number of ether oxygens (including phenoxy) is 1. The fourth-order valence-electron chi connectivity index (χ4n) is 2.52. The SMILES string of the molecule is CCOC(=O)N1CCN(c2ccnc(NCc3ccco3)n2)CC1. The minimum atomic E-state index is -0.249. The topological polar surface area (TPSA) is 83.7 Å². The number of anilines is 2. The lowest BCUT2D eigenvalue weighted by atomic mass is 10.3. The van der Waals surface area contributed by atoms with E-state index >= 15 is 0 Å². The van der Waals surface area contributed by atoms with Crippen molar-refractivity contribution in [1.29, 1.82) is 0 Å². The molecule has 0 saturated carbocycles. The van der Waals surface area contributed by atoms with Crippen molar-refractivity contribution in [2.45, 2.75) is 13.5 Å². The highest BCUT2D eigenvalue weighted by molar-refractivity contribution is 5.68. The monoisotopic (exact) mass is 331 g/mol. The van der Waals surface area contributed by atoms with E-state index in [1.165, 1.54) is 0 Å². The number of amides is 1. The fraction of sp³-hybridized carbons (Fsp3) is 0.438. The van der Waals surface area contributed by atoms with Crippen LogP contribution in [-0.4, -0.2) is 53.7 Å². The molecule has 1 N–H and O–H groups in total. The van der Waals surface area contributed by atoms with Gasteiger partial charge in [0.05, 0.1) is 19.4 Å². The van der Waals surface area contributed by atoms with Crippen LogP contribution in [0.25, 0.3) is 0 Å². The maximum Gasteiger partial charge on any atom is 0.409 e. The number of nitrogens with zero attached hydrogens (tertiary/aromatic N) is 4. The lowest BCUT2D eigenvalue weighted by molar-refractivity contribution is 0.105. The van der Waals surface area contributed by atoms with Crippen LogP contribution in [-0.2, 0) is 11.3 Å². The van der Waals surface area contributed by atoms with Crippen LogP contribution >= 0.6 is 0 Å². The first-order valence-corrected chi connectivity index (χ1v) is 8.02. The summed E-state index contributed by atoms with van der Waals surface area (Å²) in [4.78, 5) is 24.3. The highest BCUT2D eigenvalue weighted by Gasteiger charge is 2.22. The van der Waals surface area contributed by atoms with Crippen molar-refractivity contribution in [3.05, 3.63) is 36.4 Å². The second kappa shape index (κ2) is 7.67. The van der Waals surface area contributed by atoms with Crippen molar-refractivity contribution in [2.24, 2.45) is 0 Å². The van der Waals surface area contributed by atoms with Crippen LogP contribution in [0.3, 0.4) is 0 Å². The second-order valence-electron chi connectivity index (χ2n) is 5.34. The van der Waals surface area contributed by atoms with Crippen LogP contribution in [0.15, 0.2) is 35.1 Å². The smallest absolute Gasteiger partial charge is 0.409 e. The van der Waals surface area contributed by atoms with Gasteiger partial charge in [0.2, 0.25) is 5.95 Å². The molecular weight excluding hydrogens is 310 g/mol. The Morgan fingerprint density at radius 2 is 2.17 bits per heavy atom. The van der Waals surface area contributed by atoms with E-state index in [1.54, 1.807) is 17.4 Å². The number of carbonyl (C=O) groups excluding carboxylic acids is 1. The molecule has 1 aliphatic rings. The van der Waals surface area contributed by atoms with Crippen LogP contribution in [0.5, 0.6) is 0 Å². The Morgan fingerprint density at radius 1 is 1.33 bits per heavy atom. The number of nitrogens with one attached hydrogen (secondary N) is 1. The molecule has 3 rings (SSSR count). The van der Waals surface area contributed by atoms with Gasteiger partial charge in [-0.05, 0) is 25.1 Å². The van der Waals surface area contributed by atoms with Gasteiger partial charge in [-0.3, -0.25) is 0 Å². The Hall–Kier alpha value is -2.77. The van der Waals surface area contributed by atoms with Gasteiger partial charge >= 0.3 is 6.09 Å². The average Bonchev–Trinajstić information content (AvgIpc) is 3.14. The Kier molecular flexibility index (Phi) is 5.15. The van der Waals surface area contributed by atoms with Gasteiger partial charge in [-0.25, -0.2) is 9.78 Å². The third-order valence-electron chi connectivity index (χ3n) is 3.77. The maximum absolute atomic E-state index is 11.7. The first-order chi connectivity index (χ1) is 11.8. The van der Waals surface area contributed by atoms with Crippen LogP contribution in [0.1, 0.15) is 12.7 Å². The van der Waals surface area contributed by atoms with Gasteiger partial charge in [-0.1, -0.05) is 0 Å². The summed E-state index contributed by atoms with van der Waals surface area (Å²) in [6, 6.07) is 5.61. The molecular formula is C16H21N5O3. The van der Waals surface area contributed by atoms with E-state index in [2.05, 4.69) is 20.2 Å². The molecule has 1 fully saturated rings. The molecule has 0 bridgehead atoms. The summed E-state index contributed by atoms with van der Waals surface area (Å²) in [6.45, 7) is 5.42. The van der Waals surface area contributed by atoms with Crippen molar-refractivity contribution >= 4 is 17.9 Å². The van der Waals surface area contributed by atoms with Gasteiger partial charge in [0.15, 0.2) is 0 Å². The van der Waals surface area contributed by atoms with Crippen molar-refractivity contribution in [3.63, 3.8) is 0 Å². The van der Waals surface area contributed by atoms with Crippen LogP contribution in [0.4, 0.5) is 16.6 Å². The third-order valence-corrected chi connectivity index (χ3v) is 3.77. The van der Waals surface area contributed by atoms with E-state index in [9.17, 15) is 4.79 Å². The number of rotatable bonds is 5. The summed E-state index contributed by atoms with van der Waals surface area (Å²) >= 11 is 0. The standard InChI is InChI=1S/C16H21N5O3/c1-2-23-16(22)21-9-7-20(8-10-21)14-5-6-17-15(19-14)18-12-13-4-3-11-24-13/h3-6,11H,2,7-10,12H2,1H3,(H,17,18,19). The molecule has 8 heteroatoms. The molecule has 1 aliphatic heterocycles. The number of piperazine rings is 1. The van der Waals surface area contributed by atoms with Crippen LogP contribution in [0.2, 0.25) is 0 Å². The Labute approximate surface area is 140 Å². The Morgan fingerprint density at radius 3 is 2.88 bits per heavy atom. The zero-order valence-electron chi connectivity index (χ0n) is 13.6. The fourth-order valence-corrected chi connectivity index (χ4v) is 2.52. The summed E-state index contributed by atoms with van der Waals surface area (Å²) in [7, 11) is 0. The van der Waals surface area contributed by atoms with Gasteiger partial charge in [-0.15, -0.1) is 0 Å². The van der Waals surface area contributed by atoms with Gasteiger partial charge in [0.25, 0.3) is 0 Å². The number of hydrogen-bond acceptors (Lipinski definition) is 7. The molecule has 8 nitrogen and oxygen atoms in total. The molecule has 0 atom stereocenters. The van der Waals surface area contributed by atoms with Crippen molar-refractivity contribution in [3.8, 4) is 0 Å². The molecule has 1 saturated heterocycles. The zero-order valence-corrected chi connectivity index (χ0v) is 13.6. The minimum absolute atomic E-state index is 0.249. The van der Waals surface area contributed by atoms with Gasteiger partial charge in [0, 0.05) is 32.4 Å². The molecule has 3 heterocycles. The van der Waals surface area contributed by atoms with Crippen molar-refractivity contribution in [1.82, 2.24) is 14.9 Å². The molecule has 0 unspecified atom stereocenters. The van der Waals surface area contributed by atoms with E-state index < -0.39 is 0 Å². The molecule has 1 amide bonds. The van der Waals surface area contributed by atoms with E-state index in [4.69, 9.17) is 9.15 Å². The molecule has 128 valence electrons. The second-order valence-corrected chi connectivity index (χ2v) is 5.34. The first kappa shape index (κ1) is 16.1. The van der Waals surface area contributed by atoms with E-state index in [-0.39, 0.29) is 6.09 Å².